The van der Waals surface area contributed by atoms with E-state index in [0.717, 1.165) is 22.6 Å². The first-order valence-corrected chi connectivity index (χ1v) is 9.58. The Bertz CT molecular complexity index is 1100. The smallest absolute Gasteiger partial charge is 0.337 e. The number of aromatic nitrogens is 1. The van der Waals surface area contributed by atoms with Crippen LogP contribution in [0, 0.1) is 19.7 Å². The number of rotatable bonds is 7. The van der Waals surface area contributed by atoms with E-state index in [-0.39, 0.29) is 24.2 Å². The molecule has 31 heavy (non-hydrogen) atoms. The highest BCUT2D eigenvalue weighted by molar-refractivity contribution is 5.89. The van der Waals surface area contributed by atoms with Crippen molar-refractivity contribution in [2.75, 3.05) is 19.0 Å². The van der Waals surface area contributed by atoms with E-state index in [2.05, 4.69) is 15.8 Å². The van der Waals surface area contributed by atoms with Gasteiger partial charge < -0.3 is 14.6 Å². The van der Waals surface area contributed by atoms with Crippen molar-refractivity contribution in [1.82, 2.24) is 9.99 Å². The van der Waals surface area contributed by atoms with Crippen LogP contribution in [0.2, 0.25) is 0 Å². The van der Waals surface area contributed by atoms with Gasteiger partial charge in [-0.2, -0.15) is 5.10 Å². The lowest BCUT2D eigenvalue weighted by Crippen LogP contribution is -2.25. The summed E-state index contributed by atoms with van der Waals surface area (Å²) in [6, 6.07) is 14.8. The molecule has 3 rings (SSSR count). The number of nitrogens with one attached hydrogen (secondary N) is 2. The van der Waals surface area contributed by atoms with Crippen molar-refractivity contribution in [3.8, 4) is 5.69 Å². The number of hydrogen-bond donors (Lipinski definition) is 2. The summed E-state index contributed by atoms with van der Waals surface area (Å²) in [5, 5.41) is 6.92. The number of aryl methyl sites for hydroxylation is 1. The zero-order valence-corrected chi connectivity index (χ0v) is 17.5. The van der Waals surface area contributed by atoms with Crippen molar-refractivity contribution < 1.29 is 18.7 Å². The molecule has 0 saturated carbocycles. The number of hydrazone groups is 1. The number of benzene rings is 2. The second-order valence-corrected chi connectivity index (χ2v) is 6.85. The number of nitrogens with zero attached hydrogens (tertiary/aromatic N) is 2. The molecule has 0 aliphatic heterocycles. The van der Waals surface area contributed by atoms with E-state index >= 15 is 0 Å². The molecule has 0 atom stereocenters. The molecule has 0 bridgehead atoms. The molecule has 1 aromatic heterocycles. The second kappa shape index (κ2) is 9.71. The topological polar surface area (TPSA) is 84.7 Å². The van der Waals surface area contributed by atoms with Crippen molar-refractivity contribution >= 4 is 23.8 Å². The third-order valence-corrected chi connectivity index (χ3v) is 4.71. The minimum Gasteiger partial charge on any atom is -0.465 e. The Morgan fingerprint density at radius 1 is 1.10 bits per heavy atom. The molecule has 0 spiro atoms. The predicted molar refractivity (Wildman–Crippen MR) is 117 cm³/mol. The lowest BCUT2D eigenvalue weighted by atomic mass is 10.2. The van der Waals surface area contributed by atoms with Crippen LogP contribution in [0.25, 0.3) is 5.69 Å². The molecule has 0 radical (unpaired) electrons. The molecule has 2 N–H and O–H groups in total. The van der Waals surface area contributed by atoms with E-state index < -0.39 is 0 Å². The molecular formula is C23H23FN4O3. The van der Waals surface area contributed by atoms with Crippen molar-refractivity contribution in [3.05, 3.63) is 82.9 Å². The van der Waals surface area contributed by atoms with Crippen molar-refractivity contribution in [3.63, 3.8) is 0 Å². The summed E-state index contributed by atoms with van der Waals surface area (Å²) < 4.78 is 19.7. The number of carbonyl (C=O) groups is 2. The van der Waals surface area contributed by atoms with Gasteiger partial charge in [0.15, 0.2) is 0 Å². The SMILES string of the molecule is COC(=O)c1ccc(-n2c(C)cc(/C=N\NC(=O)CNc3ccc(F)cc3)c2C)cc1. The van der Waals surface area contributed by atoms with E-state index in [9.17, 15) is 14.0 Å². The number of anilines is 1. The van der Waals surface area contributed by atoms with Gasteiger partial charge in [-0.1, -0.05) is 0 Å². The van der Waals surface area contributed by atoms with Gasteiger partial charge in [0.1, 0.15) is 5.82 Å². The first-order valence-electron chi connectivity index (χ1n) is 9.58. The summed E-state index contributed by atoms with van der Waals surface area (Å²) in [5.74, 6) is -1.05. The summed E-state index contributed by atoms with van der Waals surface area (Å²) in [5.41, 5.74) is 7.25. The van der Waals surface area contributed by atoms with Crippen molar-refractivity contribution in [2.45, 2.75) is 13.8 Å². The van der Waals surface area contributed by atoms with E-state index in [1.807, 2.05) is 36.6 Å². The van der Waals surface area contributed by atoms with Crippen LogP contribution in [-0.2, 0) is 9.53 Å². The third kappa shape index (κ3) is 5.36. The molecule has 2 aromatic carbocycles. The number of esters is 1. The zero-order valence-electron chi connectivity index (χ0n) is 17.5. The van der Waals surface area contributed by atoms with Crippen LogP contribution in [0.4, 0.5) is 10.1 Å². The van der Waals surface area contributed by atoms with Crippen LogP contribution in [0.1, 0.15) is 27.3 Å². The normalized spacial score (nSPS) is 10.8. The van der Waals surface area contributed by atoms with Crippen LogP contribution in [0.3, 0.4) is 0 Å². The van der Waals surface area contributed by atoms with Gasteiger partial charge in [-0.25, -0.2) is 14.6 Å². The Balaban J connectivity index is 1.63. The molecule has 160 valence electrons. The summed E-state index contributed by atoms with van der Waals surface area (Å²) in [6.07, 6.45) is 1.58. The molecule has 3 aromatic rings. The van der Waals surface area contributed by atoms with Crippen LogP contribution < -0.4 is 10.7 Å². The van der Waals surface area contributed by atoms with Crippen LogP contribution in [0.15, 0.2) is 59.7 Å². The van der Waals surface area contributed by atoms with Gasteiger partial charge in [-0.05, 0) is 68.4 Å². The van der Waals surface area contributed by atoms with E-state index in [1.54, 1.807) is 30.5 Å². The molecule has 7 nitrogen and oxygen atoms in total. The number of ether oxygens (including phenoxy) is 1. The molecule has 0 saturated heterocycles. The largest absolute Gasteiger partial charge is 0.465 e. The quantitative estimate of drug-likeness (QED) is 0.346. The lowest BCUT2D eigenvalue weighted by molar-refractivity contribution is -0.119. The monoisotopic (exact) mass is 422 g/mol. The number of halogens is 1. The standard InChI is InChI=1S/C23H23FN4O3/c1-15-12-18(13-26-27-22(29)14-25-20-8-6-19(24)7-9-20)16(2)28(15)21-10-4-17(5-11-21)23(30)31-3/h4-13,25H,14H2,1-3H3,(H,27,29)/b26-13-. The fraction of sp³-hybridized carbons (Fsp3) is 0.174. The predicted octanol–water partition coefficient (Wildman–Crippen LogP) is 3.58. The first-order chi connectivity index (χ1) is 14.9. The van der Waals surface area contributed by atoms with E-state index in [0.29, 0.717) is 11.3 Å². The van der Waals surface area contributed by atoms with Crippen molar-refractivity contribution in [2.24, 2.45) is 5.10 Å². The molecule has 0 unspecified atom stereocenters. The summed E-state index contributed by atoms with van der Waals surface area (Å²) in [4.78, 5) is 23.6. The molecular weight excluding hydrogens is 399 g/mol. The maximum Gasteiger partial charge on any atom is 0.337 e. The van der Waals surface area contributed by atoms with Crippen LogP contribution >= 0.6 is 0 Å². The van der Waals surface area contributed by atoms with Gasteiger partial charge in [0.2, 0.25) is 0 Å². The number of carbonyl (C=O) groups excluding carboxylic acids is 2. The van der Waals surface area contributed by atoms with Crippen LogP contribution in [0.5, 0.6) is 0 Å². The number of amides is 1. The number of methoxy groups -OCH3 is 1. The fourth-order valence-electron chi connectivity index (χ4n) is 3.14. The highest BCUT2D eigenvalue weighted by Gasteiger charge is 2.11. The van der Waals surface area contributed by atoms with Gasteiger partial charge >= 0.3 is 5.97 Å². The average Bonchev–Trinajstić information content (AvgIpc) is 3.06. The Kier molecular flexibility index (Phi) is 6.81. The molecule has 0 aliphatic rings. The first kappa shape index (κ1) is 21.8. The second-order valence-electron chi connectivity index (χ2n) is 6.85. The summed E-state index contributed by atoms with van der Waals surface area (Å²) in [6.45, 7) is 3.92. The van der Waals surface area contributed by atoms with Gasteiger partial charge in [-0.3, -0.25) is 4.79 Å². The Hall–Kier alpha value is -3.94. The Labute approximate surface area is 179 Å². The minimum absolute atomic E-state index is 0.00847. The summed E-state index contributed by atoms with van der Waals surface area (Å²) in [7, 11) is 1.35. The van der Waals surface area contributed by atoms with Gasteiger partial charge in [0.25, 0.3) is 5.91 Å². The third-order valence-electron chi connectivity index (χ3n) is 4.71. The van der Waals surface area contributed by atoms with E-state index in [4.69, 9.17) is 4.74 Å². The molecule has 1 heterocycles. The molecule has 1 amide bonds. The molecule has 0 aliphatic carbocycles. The Morgan fingerprint density at radius 2 is 1.77 bits per heavy atom. The number of hydrogen-bond acceptors (Lipinski definition) is 5. The van der Waals surface area contributed by atoms with Gasteiger partial charge in [-0.15, -0.1) is 0 Å². The van der Waals surface area contributed by atoms with Gasteiger partial charge in [0, 0.05) is 28.3 Å². The average molecular weight is 422 g/mol. The highest BCUT2D eigenvalue weighted by Crippen LogP contribution is 2.20. The van der Waals surface area contributed by atoms with Gasteiger partial charge in [0.05, 0.1) is 25.4 Å². The molecule has 0 fully saturated rings. The van der Waals surface area contributed by atoms with Crippen molar-refractivity contribution in [1.29, 1.82) is 0 Å². The highest BCUT2D eigenvalue weighted by atomic mass is 19.1. The maximum atomic E-state index is 12.9. The Morgan fingerprint density at radius 3 is 2.42 bits per heavy atom. The summed E-state index contributed by atoms with van der Waals surface area (Å²) >= 11 is 0. The minimum atomic E-state index is -0.384. The maximum absolute atomic E-state index is 12.9. The zero-order chi connectivity index (χ0) is 22.4. The molecule has 8 heteroatoms. The van der Waals surface area contributed by atoms with E-state index in [1.165, 1.54) is 19.2 Å². The lowest BCUT2D eigenvalue weighted by Gasteiger charge is -2.10. The fourth-order valence-corrected chi connectivity index (χ4v) is 3.14. The van der Waals surface area contributed by atoms with Crippen LogP contribution in [-0.4, -0.2) is 36.3 Å².